The van der Waals surface area contributed by atoms with Crippen LogP contribution in [0.25, 0.3) is 0 Å². The summed E-state index contributed by atoms with van der Waals surface area (Å²) in [5.41, 5.74) is -5.07. The second kappa shape index (κ2) is 3.21. The summed E-state index contributed by atoms with van der Waals surface area (Å²) in [5, 5.41) is 0. The molecule has 0 amide bonds. The molecule has 16 heavy (non-hydrogen) atoms. The molecular formula is C7H6F8O. The van der Waals surface area contributed by atoms with E-state index >= 15 is 0 Å². The first-order chi connectivity index (χ1) is 6.85. The monoisotopic (exact) mass is 258 g/mol. The van der Waals surface area contributed by atoms with Gasteiger partial charge >= 0.3 is 18.2 Å². The predicted molar refractivity (Wildman–Crippen MR) is 35.0 cm³/mol. The van der Waals surface area contributed by atoms with Gasteiger partial charge in [-0.05, 0) is 6.92 Å². The summed E-state index contributed by atoms with van der Waals surface area (Å²) in [7, 11) is 0. The zero-order valence-electron chi connectivity index (χ0n) is 7.72. The normalized spacial score (nSPS) is 41.4. The van der Waals surface area contributed by atoms with Crippen LogP contribution in [0.2, 0.25) is 0 Å². The molecule has 3 atom stereocenters. The van der Waals surface area contributed by atoms with Crippen molar-refractivity contribution in [2.24, 2.45) is 0 Å². The van der Waals surface area contributed by atoms with Crippen LogP contribution >= 0.6 is 0 Å². The van der Waals surface area contributed by atoms with Crippen LogP contribution in [0.15, 0.2) is 0 Å². The quantitative estimate of drug-likeness (QED) is 0.606. The van der Waals surface area contributed by atoms with Gasteiger partial charge in [0.25, 0.3) is 5.67 Å². The van der Waals surface area contributed by atoms with E-state index in [1.807, 2.05) is 0 Å². The van der Waals surface area contributed by atoms with Gasteiger partial charge in [0.05, 0.1) is 6.10 Å². The molecule has 9 heteroatoms. The topological polar surface area (TPSA) is 9.23 Å². The first-order valence-electron chi connectivity index (χ1n) is 4.04. The molecule has 1 aliphatic rings. The Bertz CT molecular complexity index is 255. The van der Waals surface area contributed by atoms with Gasteiger partial charge in [0.15, 0.2) is 0 Å². The SMILES string of the molecule is CC1CC(F)(C(F)(F)F)C(F)(C(F)(F)F)O1. The molecule has 3 unspecified atom stereocenters. The average Bonchev–Trinajstić information content (AvgIpc) is 2.21. The first kappa shape index (κ1) is 13.5. The average molecular weight is 258 g/mol. The van der Waals surface area contributed by atoms with Gasteiger partial charge in [0.2, 0.25) is 0 Å². The Morgan fingerprint density at radius 3 is 1.69 bits per heavy atom. The van der Waals surface area contributed by atoms with Crippen molar-refractivity contribution in [2.75, 3.05) is 0 Å². The van der Waals surface area contributed by atoms with E-state index in [2.05, 4.69) is 4.74 Å². The minimum atomic E-state index is -6.10. The molecule has 0 aromatic rings. The van der Waals surface area contributed by atoms with Crippen LogP contribution in [-0.2, 0) is 4.74 Å². The van der Waals surface area contributed by atoms with E-state index < -0.39 is 36.4 Å². The largest absolute Gasteiger partial charge is 0.452 e. The van der Waals surface area contributed by atoms with Crippen molar-refractivity contribution < 1.29 is 39.9 Å². The van der Waals surface area contributed by atoms with Crippen LogP contribution in [0.3, 0.4) is 0 Å². The Morgan fingerprint density at radius 2 is 1.44 bits per heavy atom. The van der Waals surface area contributed by atoms with Crippen LogP contribution in [0.5, 0.6) is 0 Å². The van der Waals surface area contributed by atoms with Gasteiger partial charge in [-0.25, -0.2) is 4.39 Å². The molecular weight excluding hydrogens is 252 g/mol. The van der Waals surface area contributed by atoms with Gasteiger partial charge < -0.3 is 4.74 Å². The molecule has 0 radical (unpaired) electrons. The van der Waals surface area contributed by atoms with Gasteiger partial charge in [-0.15, -0.1) is 0 Å². The highest BCUT2D eigenvalue weighted by Gasteiger charge is 2.84. The molecule has 0 N–H and O–H groups in total. The molecule has 0 aromatic heterocycles. The van der Waals surface area contributed by atoms with Crippen LogP contribution in [0, 0.1) is 0 Å². The number of alkyl halides is 8. The van der Waals surface area contributed by atoms with E-state index in [4.69, 9.17) is 0 Å². The number of ether oxygens (including phenoxy) is 1. The maximum atomic E-state index is 13.3. The Morgan fingerprint density at radius 1 is 1.00 bits per heavy atom. The minimum absolute atomic E-state index is 0.729. The third-order valence-electron chi connectivity index (χ3n) is 2.26. The second-order valence-electron chi connectivity index (χ2n) is 3.52. The lowest BCUT2D eigenvalue weighted by Gasteiger charge is -2.34. The molecule has 1 aliphatic heterocycles. The lowest BCUT2D eigenvalue weighted by Crippen LogP contribution is -2.61. The number of halogens is 8. The lowest BCUT2D eigenvalue weighted by atomic mass is 9.92. The molecule has 0 saturated carbocycles. The molecule has 1 saturated heterocycles. The fourth-order valence-electron chi connectivity index (χ4n) is 1.53. The fraction of sp³-hybridized carbons (Fsp3) is 1.00. The Labute approximate surface area is 84.4 Å². The van der Waals surface area contributed by atoms with Crippen molar-refractivity contribution in [1.82, 2.24) is 0 Å². The summed E-state index contributed by atoms with van der Waals surface area (Å²) in [6.07, 6.45) is -15.6. The van der Waals surface area contributed by atoms with Crippen molar-refractivity contribution in [3.8, 4) is 0 Å². The van der Waals surface area contributed by atoms with Gasteiger partial charge in [0, 0.05) is 6.42 Å². The van der Waals surface area contributed by atoms with Gasteiger partial charge in [-0.2, -0.15) is 30.7 Å². The van der Waals surface area contributed by atoms with Gasteiger partial charge in [-0.3, -0.25) is 0 Å². The zero-order chi connectivity index (χ0) is 13.0. The Balaban J connectivity index is 3.28. The number of hydrogen-bond acceptors (Lipinski definition) is 1. The van der Waals surface area contributed by atoms with E-state index in [0.29, 0.717) is 0 Å². The van der Waals surface area contributed by atoms with E-state index in [1.165, 1.54) is 0 Å². The van der Waals surface area contributed by atoms with E-state index in [1.54, 1.807) is 0 Å². The molecule has 0 spiro atoms. The van der Waals surface area contributed by atoms with Crippen molar-refractivity contribution in [2.45, 2.75) is 43.3 Å². The highest BCUT2D eigenvalue weighted by Crippen LogP contribution is 2.58. The predicted octanol–water partition coefficient (Wildman–Crippen LogP) is 3.29. The number of rotatable bonds is 0. The second-order valence-corrected chi connectivity index (χ2v) is 3.52. The summed E-state index contributed by atoms with van der Waals surface area (Å²) < 4.78 is 103. The molecule has 1 fully saturated rings. The summed E-state index contributed by atoms with van der Waals surface area (Å²) in [4.78, 5) is 0. The van der Waals surface area contributed by atoms with Gasteiger partial charge in [-0.1, -0.05) is 0 Å². The summed E-state index contributed by atoms with van der Waals surface area (Å²) in [6.45, 7) is 0.729. The molecule has 0 bridgehead atoms. The molecule has 96 valence electrons. The van der Waals surface area contributed by atoms with Gasteiger partial charge in [0.1, 0.15) is 0 Å². The maximum absolute atomic E-state index is 13.3. The van der Waals surface area contributed by atoms with Crippen molar-refractivity contribution in [3.63, 3.8) is 0 Å². The van der Waals surface area contributed by atoms with Crippen LogP contribution in [0.4, 0.5) is 35.1 Å². The summed E-state index contributed by atoms with van der Waals surface area (Å²) in [5.74, 6) is -5.35. The van der Waals surface area contributed by atoms with Crippen molar-refractivity contribution >= 4 is 0 Å². The van der Waals surface area contributed by atoms with E-state index in [9.17, 15) is 35.1 Å². The standard InChI is InChI=1S/C7H6F8O/c1-3-2-4(8,6(10,11)12)5(9,16-3)7(13,14)15/h3H,2H2,1H3. The highest BCUT2D eigenvalue weighted by molar-refractivity contribution is 5.09. The molecule has 1 heterocycles. The first-order valence-corrected chi connectivity index (χ1v) is 4.04. The molecule has 0 aromatic carbocycles. The molecule has 1 rings (SSSR count). The fourth-order valence-corrected chi connectivity index (χ4v) is 1.53. The highest BCUT2D eigenvalue weighted by atomic mass is 19.4. The summed E-state index contributed by atoms with van der Waals surface area (Å²) >= 11 is 0. The minimum Gasteiger partial charge on any atom is -0.333 e. The third kappa shape index (κ3) is 1.56. The third-order valence-corrected chi connectivity index (χ3v) is 2.26. The summed E-state index contributed by atoms with van der Waals surface area (Å²) in [6, 6.07) is 0. The number of hydrogen-bond donors (Lipinski definition) is 0. The van der Waals surface area contributed by atoms with Crippen molar-refractivity contribution in [1.29, 1.82) is 0 Å². The molecule has 0 aliphatic carbocycles. The van der Waals surface area contributed by atoms with E-state index in [0.717, 1.165) is 6.92 Å². The van der Waals surface area contributed by atoms with Crippen LogP contribution in [-0.4, -0.2) is 30.0 Å². The smallest absolute Gasteiger partial charge is 0.333 e. The van der Waals surface area contributed by atoms with Crippen LogP contribution in [0.1, 0.15) is 13.3 Å². The Hall–Kier alpha value is -0.600. The molecule has 1 nitrogen and oxygen atoms in total. The van der Waals surface area contributed by atoms with E-state index in [-0.39, 0.29) is 0 Å². The van der Waals surface area contributed by atoms with Crippen molar-refractivity contribution in [3.05, 3.63) is 0 Å². The Kier molecular flexibility index (Phi) is 2.70. The lowest BCUT2D eigenvalue weighted by molar-refractivity contribution is -0.395. The van der Waals surface area contributed by atoms with Crippen LogP contribution < -0.4 is 0 Å². The maximum Gasteiger partial charge on any atom is 0.452 e. The zero-order valence-corrected chi connectivity index (χ0v) is 7.72.